The minimum Gasteiger partial charge on any atom is -0.455 e. The molecule has 1 N–H and O–H groups in total. The molecule has 1 aliphatic rings. The first-order chi connectivity index (χ1) is 14.8. The minimum absolute atomic E-state index is 0.0703. The standard InChI is InChI=1S/C23H34N4O3S/c1-6-27(7-2)20-13-19(23(3,4)5)25-22(26-20)31-15-17-10-11-18(30-17)21(28)24-14-16-9-8-12-29-16/h10-11,13,16H,6-9,12,14-15H2,1-5H3,(H,24,28)/t16-/m0/s1. The minimum atomic E-state index is -0.207. The maximum absolute atomic E-state index is 12.3. The summed E-state index contributed by atoms with van der Waals surface area (Å²) in [7, 11) is 0. The number of aromatic nitrogens is 2. The fourth-order valence-corrected chi connectivity index (χ4v) is 4.13. The summed E-state index contributed by atoms with van der Waals surface area (Å²) in [5.41, 5.74) is 0.944. The van der Waals surface area contributed by atoms with Crippen LogP contribution in [0.5, 0.6) is 0 Å². The second kappa shape index (κ2) is 10.5. The van der Waals surface area contributed by atoms with Crippen LogP contribution < -0.4 is 10.2 Å². The molecule has 1 fully saturated rings. The summed E-state index contributed by atoms with van der Waals surface area (Å²) in [4.78, 5) is 24.1. The molecule has 0 radical (unpaired) electrons. The zero-order chi connectivity index (χ0) is 22.4. The molecule has 170 valence electrons. The number of carbonyl (C=O) groups excluding carboxylic acids is 1. The van der Waals surface area contributed by atoms with Crippen LogP contribution in [-0.4, -0.2) is 48.2 Å². The number of nitrogens with zero attached hydrogens (tertiary/aromatic N) is 3. The fraction of sp³-hybridized carbons (Fsp3) is 0.609. The quantitative estimate of drug-likeness (QED) is 0.451. The van der Waals surface area contributed by atoms with Gasteiger partial charge in [0.25, 0.3) is 5.91 Å². The Balaban J connectivity index is 1.65. The van der Waals surface area contributed by atoms with Crippen molar-refractivity contribution in [1.29, 1.82) is 0 Å². The number of amides is 1. The second-order valence-corrected chi connectivity index (χ2v) is 9.66. The number of carbonyl (C=O) groups is 1. The maximum atomic E-state index is 12.3. The molecule has 2 aromatic rings. The number of anilines is 1. The SMILES string of the molecule is CCN(CC)c1cc(C(C)(C)C)nc(SCc2ccc(C(=O)NC[C@@H]3CCCO3)o2)n1. The van der Waals surface area contributed by atoms with Crippen molar-refractivity contribution in [3.8, 4) is 0 Å². The van der Waals surface area contributed by atoms with Gasteiger partial charge >= 0.3 is 0 Å². The van der Waals surface area contributed by atoms with E-state index in [1.807, 2.05) is 6.07 Å². The lowest BCUT2D eigenvalue weighted by Gasteiger charge is -2.24. The molecular formula is C23H34N4O3S. The van der Waals surface area contributed by atoms with Crippen LogP contribution in [0, 0.1) is 0 Å². The average Bonchev–Trinajstić information content (AvgIpc) is 3.43. The molecule has 3 rings (SSSR count). The summed E-state index contributed by atoms with van der Waals surface area (Å²) in [5.74, 6) is 2.34. The first kappa shape index (κ1) is 23.6. The molecule has 2 aromatic heterocycles. The zero-order valence-corrected chi connectivity index (χ0v) is 20.1. The summed E-state index contributed by atoms with van der Waals surface area (Å²) >= 11 is 1.52. The van der Waals surface area contributed by atoms with Crippen LogP contribution >= 0.6 is 11.8 Å². The predicted octanol–water partition coefficient (Wildman–Crippen LogP) is 4.41. The molecule has 1 atom stereocenters. The highest BCUT2D eigenvalue weighted by Gasteiger charge is 2.21. The van der Waals surface area contributed by atoms with Crippen molar-refractivity contribution in [2.75, 3.05) is 31.1 Å². The summed E-state index contributed by atoms with van der Waals surface area (Å²) in [6, 6.07) is 5.64. The number of hydrogen-bond donors (Lipinski definition) is 1. The summed E-state index contributed by atoms with van der Waals surface area (Å²) < 4.78 is 11.3. The Labute approximate surface area is 189 Å². The molecule has 0 aromatic carbocycles. The summed E-state index contributed by atoms with van der Waals surface area (Å²) in [6.45, 7) is 13.8. The summed E-state index contributed by atoms with van der Waals surface area (Å²) in [6.07, 6.45) is 2.15. The van der Waals surface area contributed by atoms with Gasteiger partial charge in [0.05, 0.1) is 17.6 Å². The normalized spacial score (nSPS) is 16.5. The van der Waals surface area contributed by atoms with Gasteiger partial charge in [0.15, 0.2) is 10.9 Å². The van der Waals surface area contributed by atoms with E-state index >= 15 is 0 Å². The molecule has 31 heavy (non-hydrogen) atoms. The number of rotatable bonds is 9. The molecule has 1 aliphatic heterocycles. The summed E-state index contributed by atoms with van der Waals surface area (Å²) in [5, 5.41) is 3.61. The van der Waals surface area contributed by atoms with Crippen molar-refractivity contribution in [3.63, 3.8) is 0 Å². The smallest absolute Gasteiger partial charge is 0.287 e. The van der Waals surface area contributed by atoms with E-state index in [-0.39, 0.29) is 17.4 Å². The Morgan fingerprint density at radius 1 is 1.26 bits per heavy atom. The van der Waals surface area contributed by atoms with Crippen LogP contribution in [0.3, 0.4) is 0 Å². The molecule has 0 spiro atoms. The molecular weight excluding hydrogens is 412 g/mol. The monoisotopic (exact) mass is 446 g/mol. The highest BCUT2D eigenvalue weighted by Crippen LogP contribution is 2.28. The van der Waals surface area contributed by atoms with Crippen molar-refractivity contribution in [2.24, 2.45) is 0 Å². The Morgan fingerprint density at radius 2 is 2.03 bits per heavy atom. The predicted molar refractivity (Wildman–Crippen MR) is 124 cm³/mol. The van der Waals surface area contributed by atoms with Crippen LogP contribution in [0.15, 0.2) is 27.8 Å². The molecule has 8 heteroatoms. The molecule has 0 unspecified atom stereocenters. The van der Waals surface area contributed by atoms with Gasteiger partial charge in [-0.2, -0.15) is 0 Å². The largest absolute Gasteiger partial charge is 0.455 e. The van der Waals surface area contributed by atoms with Crippen LogP contribution in [0.2, 0.25) is 0 Å². The van der Waals surface area contributed by atoms with E-state index in [1.54, 1.807) is 6.07 Å². The van der Waals surface area contributed by atoms with Gasteiger partial charge in [0, 0.05) is 37.7 Å². The topological polar surface area (TPSA) is 80.5 Å². The van der Waals surface area contributed by atoms with E-state index in [9.17, 15) is 4.79 Å². The van der Waals surface area contributed by atoms with Gasteiger partial charge in [0.1, 0.15) is 11.6 Å². The van der Waals surface area contributed by atoms with Gasteiger partial charge in [-0.05, 0) is 38.8 Å². The number of ether oxygens (including phenoxy) is 1. The first-order valence-corrected chi connectivity index (χ1v) is 12.0. The molecule has 0 bridgehead atoms. The zero-order valence-electron chi connectivity index (χ0n) is 19.2. The molecule has 0 aliphatic carbocycles. The highest BCUT2D eigenvalue weighted by molar-refractivity contribution is 7.98. The second-order valence-electron chi connectivity index (χ2n) is 8.72. The Hall–Kier alpha value is -2.06. The van der Waals surface area contributed by atoms with Gasteiger partial charge in [-0.15, -0.1) is 0 Å². The van der Waals surface area contributed by atoms with E-state index in [2.05, 4.69) is 50.9 Å². The van der Waals surface area contributed by atoms with Gasteiger partial charge in [0.2, 0.25) is 0 Å². The molecule has 1 amide bonds. The average molecular weight is 447 g/mol. The lowest BCUT2D eigenvalue weighted by Crippen LogP contribution is -2.31. The van der Waals surface area contributed by atoms with E-state index in [0.717, 1.165) is 55.0 Å². The molecule has 1 saturated heterocycles. The van der Waals surface area contributed by atoms with E-state index in [1.165, 1.54) is 11.8 Å². The molecule has 0 saturated carbocycles. The fourth-order valence-electron chi connectivity index (χ4n) is 3.38. The Kier molecular flexibility index (Phi) is 8.00. The molecule has 3 heterocycles. The first-order valence-electron chi connectivity index (χ1n) is 11.1. The maximum Gasteiger partial charge on any atom is 0.287 e. The van der Waals surface area contributed by atoms with Gasteiger partial charge in [-0.3, -0.25) is 4.79 Å². The van der Waals surface area contributed by atoms with Crippen LogP contribution in [0.1, 0.15) is 69.5 Å². The van der Waals surface area contributed by atoms with Crippen molar-refractivity contribution in [1.82, 2.24) is 15.3 Å². The van der Waals surface area contributed by atoms with Crippen molar-refractivity contribution in [3.05, 3.63) is 35.4 Å². The number of nitrogens with one attached hydrogen (secondary N) is 1. The third kappa shape index (κ3) is 6.46. The van der Waals surface area contributed by atoms with Crippen LogP contribution in [0.4, 0.5) is 5.82 Å². The van der Waals surface area contributed by atoms with Crippen molar-refractivity contribution < 1.29 is 13.9 Å². The third-order valence-electron chi connectivity index (χ3n) is 5.29. The third-order valence-corrected chi connectivity index (χ3v) is 6.16. The highest BCUT2D eigenvalue weighted by atomic mass is 32.2. The van der Waals surface area contributed by atoms with Crippen LogP contribution in [-0.2, 0) is 15.9 Å². The number of furan rings is 1. The van der Waals surface area contributed by atoms with Gasteiger partial charge in [-0.25, -0.2) is 9.97 Å². The lowest BCUT2D eigenvalue weighted by molar-refractivity contribution is 0.0834. The van der Waals surface area contributed by atoms with E-state index in [4.69, 9.17) is 19.1 Å². The lowest BCUT2D eigenvalue weighted by atomic mass is 9.92. The van der Waals surface area contributed by atoms with Crippen molar-refractivity contribution >= 4 is 23.5 Å². The van der Waals surface area contributed by atoms with Gasteiger partial charge in [-0.1, -0.05) is 32.5 Å². The van der Waals surface area contributed by atoms with E-state index < -0.39 is 0 Å². The Bertz CT molecular complexity index is 868. The van der Waals surface area contributed by atoms with Crippen LogP contribution in [0.25, 0.3) is 0 Å². The molecule has 7 nitrogen and oxygen atoms in total. The number of thioether (sulfide) groups is 1. The Morgan fingerprint density at radius 3 is 2.68 bits per heavy atom. The van der Waals surface area contributed by atoms with Crippen molar-refractivity contribution in [2.45, 2.75) is 69.9 Å². The number of hydrogen-bond acceptors (Lipinski definition) is 7. The van der Waals surface area contributed by atoms with E-state index in [0.29, 0.717) is 18.1 Å². The van der Waals surface area contributed by atoms with Gasteiger partial charge < -0.3 is 19.4 Å².